The minimum Gasteiger partial charge on any atom is -0.324 e. The fourth-order valence-electron chi connectivity index (χ4n) is 3.09. The summed E-state index contributed by atoms with van der Waals surface area (Å²) in [7, 11) is 0. The molecule has 0 radical (unpaired) electrons. The third-order valence-corrected chi connectivity index (χ3v) is 4.53. The van der Waals surface area contributed by atoms with Gasteiger partial charge in [-0.05, 0) is 38.0 Å². The molecule has 27 heavy (non-hydrogen) atoms. The summed E-state index contributed by atoms with van der Waals surface area (Å²) in [5.41, 5.74) is 3.83. The fourth-order valence-corrected chi connectivity index (χ4v) is 3.09. The number of para-hydroxylation sites is 2. The zero-order chi connectivity index (χ0) is 19.1. The van der Waals surface area contributed by atoms with E-state index in [1.165, 1.54) is 0 Å². The van der Waals surface area contributed by atoms with Crippen LogP contribution in [0.5, 0.6) is 0 Å². The van der Waals surface area contributed by atoms with Crippen LogP contribution in [-0.4, -0.2) is 30.6 Å². The Kier molecular flexibility index (Phi) is 4.14. The summed E-state index contributed by atoms with van der Waals surface area (Å²) in [5.74, 6) is 0.392. The second-order valence-electron chi connectivity index (χ2n) is 7.23. The number of aromatic nitrogens is 5. The number of carbonyl (C=O) groups excluding carboxylic acids is 1. The number of imidazole rings is 1. The molecule has 4 aromatic rings. The molecule has 3 heterocycles. The minimum absolute atomic E-state index is 0.156. The molecule has 0 aliphatic heterocycles. The van der Waals surface area contributed by atoms with Gasteiger partial charge in [-0.25, -0.2) is 14.6 Å². The van der Waals surface area contributed by atoms with Crippen molar-refractivity contribution >= 4 is 33.9 Å². The van der Waals surface area contributed by atoms with Gasteiger partial charge in [-0.3, -0.25) is 10.1 Å². The summed E-state index contributed by atoms with van der Waals surface area (Å²) < 4.78 is 1.85. The summed E-state index contributed by atoms with van der Waals surface area (Å²) in [6, 6.07) is 9.66. The number of fused-ring (bicyclic) bond motifs is 2. The molecular formula is C20H22N6O. The van der Waals surface area contributed by atoms with Crippen LogP contribution in [0.3, 0.4) is 0 Å². The molecule has 0 bridgehead atoms. The maximum absolute atomic E-state index is 13.0. The Labute approximate surface area is 156 Å². The minimum atomic E-state index is -0.230. The van der Waals surface area contributed by atoms with Crippen molar-refractivity contribution in [2.75, 3.05) is 5.32 Å². The average molecular weight is 362 g/mol. The van der Waals surface area contributed by atoms with Crippen LogP contribution in [0.2, 0.25) is 0 Å². The Balaban J connectivity index is 1.78. The van der Waals surface area contributed by atoms with Crippen molar-refractivity contribution < 1.29 is 4.79 Å². The number of nitrogens with zero attached hydrogens (tertiary/aromatic N) is 4. The zero-order valence-corrected chi connectivity index (χ0v) is 15.8. The number of rotatable bonds is 4. The van der Waals surface area contributed by atoms with Crippen molar-refractivity contribution in [3.63, 3.8) is 0 Å². The Morgan fingerprint density at radius 3 is 2.63 bits per heavy atom. The highest BCUT2D eigenvalue weighted by Gasteiger charge is 2.19. The summed E-state index contributed by atoms with van der Waals surface area (Å²) in [5, 5.41) is 8.04. The number of pyridine rings is 1. The summed E-state index contributed by atoms with van der Waals surface area (Å²) in [6.07, 6.45) is 1.71. The SMILES string of the molecule is CC(C)c1cc(C(=O)Nc2nc3ccccc3[nH]2)c2cnn(C(C)C)c2n1. The van der Waals surface area contributed by atoms with E-state index in [0.29, 0.717) is 11.5 Å². The maximum atomic E-state index is 13.0. The predicted molar refractivity (Wildman–Crippen MR) is 106 cm³/mol. The van der Waals surface area contributed by atoms with Crippen molar-refractivity contribution in [1.82, 2.24) is 24.7 Å². The van der Waals surface area contributed by atoms with E-state index in [1.807, 2.05) is 48.9 Å². The molecule has 0 saturated carbocycles. The number of anilines is 1. The number of hydrogen-bond acceptors (Lipinski definition) is 4. The monoisotopic (exact) mass is 362 g/mol. The Morgan fingerprint density at radius 1 is 1.15 bits per heavy atom. The Bertz CT molecular complexity index is 1110. The van der Waals surface area contributed by atoms with Crippen molar-refractivity contribution in [2.45, 2.75) is 39.7 Å². The van der Waals surface area contributed by atoms with E-state index < -0.39 is 0 Å². The lowest BCUT2D eigenvalue weighted by Gasteiger charge is -2.11. The molecule has 4 rings (SSSR count). The molecular weight excluding hydrogens is 340 g/mol. The lowest BCUT2D eigenvalue weighted by Crippen LogP contribution is -2.15. The number of hydrogen-bond donors (Lipinski definition) is 2. The number of H-pyrrole nitrogens is 1. The summed E-state index contributed by atoms with van der Waals surface area (Å²) in [4.78, 5) is 25.3. The number of benzene rings is 1. The van der Waals surface area contributed by atoms with Gasteiger partial charge < -0.3 is 4.98 Å². The first-order valence-corrected chi connectivity index (χ1v) is 9.08. The van der Waals surface area contributed by atoms with E-state index in [-0.39, 0.29) is 17.9 Å². The molecule has 1 amide bonds. The molecule has 0 aliphatic rings. The standard InChI is InChI=1S/C20H22N6O/c1-11(2)17-9-13(14-10-21-26(12(3)4)18(14)22-17)19(27)25-20-23-15-7-5-6-8-16(15)24-20/h5-12H,1-4H3,(H2,23,24,25,27). The smallest absolute Gasteiger partial charge is 0.258 e. The molecule has 3 aromatic heterocycles. The van der Waals surface area contributed by atoms with Crippen molar-refractivity contribution in [1.29, 1.82) is 0 Å². The van der Waals surface area contributed by atoms with Crippen LogP contribution in [0.1, 0.15) is 55.7 Å². The third-order valence-electron chi connectivity index (χ3n) is 4.53. The first kappa shape index (κ1) is 17.2. The topological polar surface area (TPSA) is 88.5 Å². The van der Waals surface area contributed by atoms with Gasteiger partial charge in [0.1, 0.15) is 0 Å². The fraction of sp³-hybridized carbons (Fsp3) is 0.300. The molecule has 138 valence electrons. The van der Waals surface area contributed by atoms with Crippen LogP contribution in [-0.2, 0) is 0 Å². The Morgan fingerprint density at radius 2 is 1.93 bits per heavy atom. The van der Waals surface area contributed by atoms with Gasteiger partial charge in [0.2, 0.25) is 5.95 Å². The molecule has 0 fully saturated rings. The highest BCUT2D eigenvalue weighted by atomic mass is 16.1. The second-order valence-corrected chi connectivity index (χ2v) is 7.23. The first-order valence-electron chi connectivity index (χ1n) is 9.08. The summed E-state index contributed by atoms with van der Waals surface area (Å²) in [6.45, 7) is 8.21. The Hall–Kier alpha value is -3.22. The van der Waals surface area contributed by atoms with Crippen molar-refractivity contribution in [3.8, 4) is 0 Å². The van der Waals surface area contributed by atoms with Gasteiger partial charge in [0, 0.05) is 11.7 Å². The second kappa shape index (κ2) is 6.50. The number of carbonyl (C=O) groups is 1. The van der Waals surface area contributed by atoms with Gasteiger partial charge >= 0.3 is 0 Å². The van der Waals surface area contributed by atoms with E-state index in [2.05, 4.69) is 34.2 Å². The molecule has 0 aliphatic carbocycles. The van der Waals surface area contributed by atoms with Crippen molar-refractivity contribution in [2.24, 2.45) is 0 Å². The highest BCUT2D eigenvalue weighted by molar-refractivity contribution is 6.11. The van der Waals surface area contributed by atoms with E-state index in [4.69, 9.17) is 4.98 Å². The van der Waals surface area contributed by atoms with Crippen LogP contribution in [0.15, 0.2) is 36.5 Å². The van der Waals surface area contributed by atoms with E-state index in [1.54, 1.807) is 6.20 Å². The van der Waals surface area contributed by atoms with E-state index in [9.17, 15) is 4.79 Å². The molecule has 0 unspecified atom stereocenters. The maximum Gasteiger partial charge on any atom is 0.258 e. The van der Waals surface area contributed by atoms with Crippen molar-refractivity contribution in [3.05, 3.63) is 47.8 Å². The largest absolute Gasteiger partial charge is 0.324 e. The normalized spacial score (nSPS) is 11.8. The third kappa shape index (κ3) is 3.05. The zero-order valence-electron chi connectivity index (χ0n) is 15.8. The lowest BCUT2D eigenvalue weighted by molar-refractivity contribution is 0.102. The van der Waals surface area contributed by atoms with Gasteiger partial charge in [0.15, 0.2) is 5.65 Å². The summed E-state index contributed by atoms with van der Waals surface area (Å²) >= 11 is 0. The quantitative estimate of drug-likeness (QED) is 0.567. The van der Waals surface area contributed by atoms with E-state index >= 15 is 0 Å². The van der Waals surface area contributed by atoms with Gasteiger partial charge in [0.05, 0.1) is 28.2 Å². The van der Waals surface area contributed by atoms with Gasteiger partial charge in [-0.1, -0.05) is 26.0 Å². The van der Waals surface area contributed by atoms with Crippen LogP contribution >= 0.6 is 0 Å². The van der Waals surface area contributed by atoms with Crippen LogP contribution < -0.4 is 5.32 Å². The molecule has 0 saturated heterocycles. The van der Waals surface area contributed by atoms with Gasteiger partial charge in [-0.15, -0.1) is 0 Å². The van der Waals surface area contributed by atoms with Gasteiger partial charge in [-0.2, -0.15) is 5.10 Å². The molecule has 1 aromatic carbocycles. The van der Waals surface area contributed by atoms with Crippen LogP contribution in [0.4, 0.5) is 5.95 Å². The first-order chi connectivity index (χ1) is 12.9. The van der Waals surface area contributed by atoms with E-state index in [0.717, 1.165) is 27.8 Å². The van der Waals surface area contributed by atoms with Gasteiger partial charge in [0.25, 0.3) is 5.91 Å². The molecule has 0 spiro atoms. The average Bonchev–Trinajstić information content (AvgIpc) is 3.23. The number of amides is 1. The van der Waals surface area contributed by atoms with Crippen LogP contribution in [0, 0.1) is 0 Å². The lowest BCUT2D eigenvalue weighted by atomic mass is 10.0. The highest BCUT2D eigenvalue weighted by Crippen LogP contribution is 2.25. The molecule has 2 N–H and O–H groups in total. The molecule has 7 nitrogen and oxygen atoms in total. The molecule has 7 heteroatoms. The number of nitrogens with one attached hydrogen (secondary N) is 2. The number of aromatic amines is 1. The predicted octanol–water partition coefficient (Wildman–Crippen LogP) is 4.26. The molecule has 0 atom stereocenters. The van der Waals surface area contributed by atoms with Crippen LogP contribution in [0.25, 0.3) is 22.1 Å².